The van der Waals surface area contributed by atoms with Crippen LogP contribution >= 0.6 is 11.3 Å². The zero-order valence-electron chi connectivity index (χ0n) is 12.8. The molecular formula is C18H17NO2S. The zero-order valence-corrected chi connectivity index (χ0v) is 13.6. The van der Waals surface area contributed by atoms with Crippen LogP contribution in [0.3, 0.4) is 0 Å². The first kappa shape index (κ1) is 14.6. The maximum absolute atomic E-state index is 12.4. The molecule has 4 heteroatoms. The topological polar surface area (TPSA) is 42.2 Å². The normalized spacial score (nSPS) is 10.7. The number of hydrogen-bond donors (Lipinski definition) is 1. The fourth-order valence-electron chi connectivity index (χ4n) is 2.39. The van der Waals surface area contributed by atoms with Crippen LogP contribution in [0.15, 0.2) is 46.2 Å². The molecular weight excluding hydrogens is 294 g/mol. The van der Waals surface area contributed by atoms with Crippen molar-refractivity contribution in [2.75, 3.05) is 5.32 Å². The van der Waals surface area contributed by atoms with E-state index in [-0.39, 0.29) is 5.91 Å². The molecule has 0 bridgehead atoms. The van der Waals surface area contributed by atoms with Crippen molar-refractivity contribution >= 4 is 22.9 Å². The van der Waals surface area contributed by atoms with Crippen molar-refractivity contribution in [1.82, 2.24) is 0 Å². The Hall–Kier alpha value is -2.33. The Labute approximate surface area is 133 Å². The number of furan rings is 1. The molecule has 0 unspecified atom stereocenters. The van der Waals surface area contributed by atoms with Gasteiger partial charge >= 0.3 is 0 Å². The third-order valence-electron chi connectivity index (χ3n) is 3.64. The quantitative estimate of drug-likeness (QED) is 0.723. The molecule has 0 saturated heterocycles. The zero-order chi connectivity index (χ0) is 15.7. The molecule has 2 heterocycles. The van der Waals surface area contributed by atoms with Gasteiger partial charge in [0.05, 0.1) is 4.88 Å². The average molecular weight is 311 g/mol. The molecule has 112 valence electrons. The summed E-state index contributed by atoms with van der Waals surface area (Å²) in [5.41, 5.74) is 4.07. The molecule has 0 atom stereocenters. The number of amides is 1. The van der Waals surface area contributed by atoms with Crippen LogP contribution < -0.4 is 5.32 Å². The summed E-state index contributed by atoms with van der Waals surface area (Å²) in [5.74, 6) is 0.836. The molecule has 0 aliphatic carbocycles. The van der Waals surface area contributed by atoms with Crippen LogP contribution in [0, 0.1) is 20.8 Å². The smallest absolute Gasteiger partial charge is 0.291 e. The van der Waals surface area contributed by atoms with E-state index < -0.39 is 0 Å². The number of nitrogens with one attached hydrogen (secondary N) is 1. The predicted molar refractivity (Wildman–Crippen MR) is 90.6 cm³/mol. The summed E-state index contributed by atoms with van der Waals surface area (Å²) in [5, 5.41) is 4.96. The predicted octanol–water partition coefficient (Wildman–Crippen LogP) is 5.19. The monoisotopic (exact) mass is 311 g/mol. The SMILES string of the molecule is Cc1ccsc1-c1ccc(C(=O)Nc2c(C)cccc2C)o1. The van der Waals surface area contributed by atoms with Crippen LogP contribution in [-0.4, -0.2) is 5.91 Å². The first-order chi connectivity index (χ1) is 10.6. The van der Waals surface area contributed by atoms with Crippen LogP contribution in [0.2, 0.25) is 0 Å². The highest BCUT2D eigenvalue weighted by Gasteiger charge is 2.15. The van der Waals surface area contributed by atoms with Gasteiger partial charge in [0.2, 0.25) is 0 Å². The summed E-state index contributed by atoms with van der Waals surface area (Å²) in [6.07, 6.45) is 0. The molecule has 0 fully saturated rings. The Morgan fingerprint density at radius 1 is 1.00 bits per heavy atom. The van der Waals surface area contributed by atoms with Gasteiger partial charge in [0.1, 0.15) is 5.76 Å². The first-order valence-corrected chi connectivity index (χ1v) is 7.96. The molecule has 0 aliphatic rings. The maximum Gasteiger partial charge on any atom is 0.291 e. The highest BCUT2D eigenvalue weighted by Crippen LogP contribution is 2.31. The van der Waals surface area contributed by atoms with E-state index >= 15 is 0 Å². The third kappa shape index (κ3) is 2.70. The van der Waals surface area contributed by atoms with Gasteiger partial charge in [-0.25, -0.2) is 0 Å². The Balaban J connectivity index is 1.85. The average Bonchev–Trinajstić information content (AvgIpc) is 3.11. The van der Waals surface area contributed by atoms with E-state index in [1.54, 1.807) is 17.4 Å². The number of hydrogen-bond acceptors (Lipinski definition) is 3. The minimum Gasteiger partial charge on any atom is -0.450 e. The van der Waals surface area contributed by atoms with Gasteiger partial charge in [-0.2, -0.15) is 0 Å². The molecule has 3 rings (SSSR count). The van der Waals surface area contributed by atoms with Gasteiger partial charge < -0.3 is 9.73 Å². The van der Waals surface area contributed by atoms with Crippen LogP contribution in [-0.2, 0) is 0 Å². The Bertz CT molecular complexity index is 809. The fourth-order valence-corrected chi connectivity index (χ4v) is 3.28. The van der Waals surface area contributed by atoms with E-state index in [9.17, 15) is 4.79 Å². The molecule has 3 aromatic rings. The lowest BCUT2D eigenvalue weighted by Crippen LogP contribution is -2.12. The molecule has 0 saturated carbocycles. The number of rotatable bonds is 3. The summed E-state index contributed by atoms with van der Waals surface area (Å²) >= 11 is 1.61. The molecule has 3 nitrogen and oxygen atoms in total. The summed E-state index contributed by atoms with van der Waals surface area (Å²) in [4.78, 5) is 13.4. The molecule has 22 heavy (non-hydrogen) atoms. The molecule has 2 aromatic heterocycles. The lowest BCUT2D eigenvalue weighted by atomic mass is 10.1. The number of benzene rings is 1. The van der Waals surface area contributed by atoms with Crippen LogP contribution in [0.1, 0.15) is 27.2 Å². The number of para-hydroxylation sites is 1. The Morgan fingerprint density at radius 3 is 2.36 bits per heavy atom. The van der Waals surface area contributed by atoms with Crippen LogP contribution in [0.25, 0.3) is 10.6 Å². The van der Waals surface area contributed by atoms with Crippen molar-refractivity contribution in [3.05, 3.63) is 64.2 Å². The number of thiophene rings is 1. The molecule has 0 spiro atoms. The Kier molecular flexibility index (Phi) is 3.86. The van der Waals surface area contributed by atoms with E-state index in [4.69, 9.17) is 4.42 Å². The minimum absolute atomic E-state index is 0.224. The lowest BCUT2D eigenvalue weighted by molar-refractivity contribution is 0.0997. The van der Waals surface area contributed by atoms with Crippen molar-refractivity contribution in [2.24, 2.45) is 0 Å². The van der Waals surface area contributed by atoms with Gasteiger partial charge in [-0.05, 0) is 61.0 Å². The second-order valence-electron chi connectivity index (χ2n) is 5.32. The van der Waals surface area contributed by atoms with Crippen molar-refractivity contribution in [3.8, 4) is 10.6 Å². The number of anilines is 1. The van der Waals surface area contributed by atoms with Crippen LogP contribution in [0.5, 0.6) is 0 Å². The standard InChI is InChI=1S/C18H17NO2S/c1-11-5-4-6-12(2)16(11)19-18(20)15-8-7-14(21-15)17-13(3)9-10-22-17/h4-10H,1-3H3,(H,19,20). The summed E-state index contributed by atoms with van der Waals surface area (Å²) in [7, 11) is 0. The highest BCUT2D eigenvalue weighted by atomic mass is 32.1. The largest absolute Gasteiger partial charge is 0.450 e. The van der Waals surface area contributed by atoms with E-state index in [1.165, 1.54) is 0 Å². The molecule has 0 aliphatic heterocycles. The highest BCUT2D eigenvalue weighted by molar-refractivity contribution is 7.13. The van der Waals surface area contributed by atoms with E-state index in [0.717, 1.165) is 33.0 Å². The van der Waals surface area contributed by atoms with E-state index in [0.29, 0.717) is 5.76 Å². The van der Waals surface area contributed by atoms with Crippen molar-refractivity contribution in [3.63, 3.8) is 0 Å². The minimum atomic E-state index is -0.224. The van der Waals surface area contributed by atoms with E-state index in [2.05, 4.69) is 5.32 Å². The van der Waals surface area contributed by atoms with Crippen molar-refractivity contribution in [1.29, 1.82) is 0 Å². The lowest BCUT2D eigenvalue weighted by Gasteiger charge is -2.10. The summed E-state index contributed by atoms with van der Waals surface area (Å²) in [6, 6.07) is 11.5. The summed E-state index contributed by atoms with van der Waals surface area (Å²) < 4.78 is 5.72. The molecule has 0 radical (unpaired) electrons. The third-order valence-corrected chi connectivity index (χ3v) is 4.67. The van der Waals surface area contributed by atoms with Gasteiger partial charge in [0, 0.05) is 5.69 Å². The second kappa shape index (κ2) is 5.81. The van der Waals surface area contributed by atoms with Crippen LogP contribution in [0.4, 0.5) is 5.69 Å². The summed E-state index contributed by atoms with van der Waals surface area (Å²) in [6.45, 7) is 5.99. The van der Waals surface area contributed by atoms with E-state index in [1.807, 2.05) is 56.5 Å². The van der Waals surface area contributed by atoms with Gasteiger partial charge in [0.15, 0.2) is 5.76 Å². The number of carbonyl (C=O) groups is 1. The van der Waals surface area contributed by atoms with Crippen molar-refractivity contribution in [2.45, 2.75) is 20.8 Å². The van der Waals surface area contributed by atoms with Gasteiger partial charge in [-0.1, -0.05) is 18.2 Å². The van der Waals surface area contributed by atoms with Gasteiger partial charge in [-0.3, -0.25) is 4.79 Å². The second-order valence-corrected chi connectivity index (χ2v) is 6.23. The number of carbonyl (C=O) groups excluding carboxylic acids is 1. The first-order valence-electron chi connectivity index (χ1n) is 7.08. The molecule has 1 amide bonds. The maximum atomic E-state index is 12.4. The van der Waals surface area contributed by atoms with Gasteiger partial charge in [0.25, 0.3) is 5.91 Å². The Morgan fingerprint density at radius 2 is 1.73 bits per heavy atom. The number of aryl methyl sites for hydroxylation is 3. The fraction of sp³-hybridized carbons (Fsp3) is 0.167. The molecule has 1 aromatic carbocycles. The van der Waals surface area contributed by atoms with Gasteiger partial charge in [-0.15, -0.1) is 11.3 Å². The van der Waals surface area contributed by atoms with Crippen molar-refractivity contribution < 1.29 is 9.21 Å². The molecule has 1 N–H and O–H groups in total.